The minimum absolute atomic E-state index is 0.102. The highest BCUT2D eigenvalue weighted by molar-refractivity contribution is 5.24. The molecule has 2 atom stereocenters. The van der Waals surface area contributed by atoms with Crippen molar-refractivity contribution in [2.45, 2.75) is 44.1 Å². The summed E-state index contributed by atoms with van der Waals surface area (Å²) in [6.45, 7) is 1.63. The van der Waals surface area contributed by atoms with Crippen LogP contribution in [-0.4, -0.2) is 23.2 Å². The van der Waals surface area contributed by atoms with Gasteiger partial charge in [0.1, 0.15) is 5.82 Å². The van der Waals surface area contributed by atoms with Gasteiger partial charge in [-0.3, -0.25) is 0 Å². The van der Waals surface area contributed by atoms with Crippen LogP contribution in [0.25, 0.3) is 0 Å². The van der Waals surface area contributed by atoms with Gasteiger partial charge < -0.3 is 10.5 Å². The van der Waals surface area contributed by atoms with Crippen molar-refractivity contribution in [3.63, 3.8) is 0 Å². The molecule has 2 N–H and O–H groups in total. The first-order chi connectivity index (χ1) is 8.34. The zero-order valence-corrected chi connectivity index (χ0v) is 10.1. The first-order valence-electron chi connectivity index (χ1n) is 6.53. The molecule has 1 aliphatic carbocycles. The van der Waals surface area contributed by atoms with Gasteiger partial charge in [-0.2, -0.15) is 0 Å². The monoisotopic (exact) mass is 233 g/mol. The van der Waals surface area contributed by atoms with Gasteiger partial charge in [0.05, 0.1) is 12.3 Å². The third kappa shape index (κ3) is 2.19. The molecular weight excluding hydrogens is 214 g/mol. The Labute approximate surface area is 102 Å². The van der Waals surface area contributed by atoms with Crippen molar-refractivity contribution >= 4 is 0 Å². The highest BCUT2D eigenvalue weighted by Crippen LogP contribution is 2.28. The summed E-state index contributed by atoms with van der Waals surface area (Å²) in [5, 5.41) is 0. The summed E-state index contributed by atoms with van der Waals surface area (Å²) in [5.74, 6) is 1.30. The fourth-order valence-corrected chi connectivity index (χ4v) is 2.74. The molecule has 0 saturated carbocycles. The van der Waals surface area contributed by atoms with Crippen molar-refractivity contribution in [3.8, 4) is 0 Å². The van der Waals surface area contributed by atoms with Gasteiger partial charge in [-0.25, -0.2) is 9.97 Å². The van der Waals surface area contributed by atoms with E-state index in [1.165, 1.54) is 5.56 Å². The molecule has 4 heteroatoms. The summed E-state index contributed by atoms with van der Waals surface area (Å²) < 4.78 is 5.50. The van der Waals surface area contributed by atoms with Crippen LogP contribution in [0.4, 0.5) is 0 Å². The molecule has 17 heavy (non-hydrogen) atoms. The molecule has 0 radical (unpaired) electrons. The second-order valence-corrected chi connectivity index (χ2v) is 5.05. The van der Waals surface area contributed by atoms with E-state index in [9.17, 15) is 0 Å². The number of ether oxygens (including phenoxy) is 1. The number of aromatic nitrogens is 2. The Balaban J connectivity index is 1.88. The van der Waals surface area contributed by atoms with Crippen LogP contribution in [0.2, 0.25) is 0 Å². The molecule has 2 heterocycles. The van der Waals surface area contributed by atoms with Crippen molar-refractivity contribution in [2.75, 3.05) is 13.2 Å². The van der Waals surface area contributed by atoms with Gasteiger partial charge in [-0.15, -0.1) is 0 Å². The lowest BCUT2D eigenvalue weighted by Crippen LogP contribution is -2.23. The third-order valence-corrected chi connectivity index (χ3v) is 3.75. The Bertz CT molecular complexity index is 402. The molecule has 0 aromatic carbocycles. The van der Waals surface area contributed by atoms with Gasteiger partial charge in [0.15, 0.2) is 0 Å². The fourth-order valence-electron chi connectivity index (χ4n) is 2.74. The molecule has 92 valence electrons. The lowest BCUT2D eigenvalue weighted by atomic mass is 9.93. The van der Waals surface area contributed by atoms with Gasteiger partial charge in [-0.05, 0) is 37.7 Å². The van der Waals surface area contributed by atoms with Gasteiger partial charge in [0.2, 0.25) is 0 Å². The number of nitrogens with zero attached hydrogens (tertiary/aromatic N) is 2. The molecule has 0 spiro atoms. The van der Waals surface area contributed by atoms with Crippen molar-refractivity contribution in [2.24, 2.45) is 5.73 Å². The molecule has 1 aromatic heterocycles. The van der Waals surface area contributed by atoms with Crippen LogP contribution in [-0.2, 0) is 11.2 Å². The van der Waals surface area contributed by atoms with Crippen molar-refractivity contribution < 1.29 is 4.74 Å². The zero-order valence-electron chi connectivity index (χ0n) is 10.1. The smallest absolute Gasteiger partial charge is 0.134 e. The van der Waals surface area contributed by atoms with E-state index >= 15 is 0 Å². The minimum atomic E-state index is 0.102. The van der Waals surface area contributed by atoms with Crippen LogP contribution in [0.3, 0.4) is 0 Å². The first kappa shape index (κ1) is 11.1. The quantitative estimate of drug-likeness (QED) is 0.802. The lowest BCUT2D eigenvalue weighted by molar-refractivity contribution is 0.0779. The molecule has 3 rings (SSSR count). The zero-order chi connectivity index (χ0) is 11.7. The average Bonchev–Trinajstić information content (AvgIpc) is 2.40. The van der Waals surface area contributed by atoms with E-state index in [0.717, 1.165) is 56.8 Å². The topological polar surface area (TPSA) is 61.0 Å². The summed E-state index contributed by atoms with van der Waals surface area (Å²) in [5.41, 5.74) is 8.44. The van der Waals surface area contributed by atoms with E-state index in [1.54, 1.807) is 0 Å². The Kier molecular flexibility index (Phi) is 3.07. The number of aryl methyl sites for hydroxylation is 1. The highest BCUT2D eigenvalue weighted by Gasteiger charge is 2.23. The number of hydrogen-bond acceptors (Lipinski definition) is 4. The molecule has 2 unspecified atom stereocenters. The highest BCUT2D eigenvalue weighted by atomic mass is 16.5. The van der Waals surface area contributed by atoms with Gasteiger partial charge in [0.25, 0.3) is 0 Å². The molecule has 0 amide bonds. The average molecular weight is 233 g/mol. The van der Waals surface area contributed by atoms with E-state index in [-0.39, 0.29) is 6.04 Å². The summed E-state index contributed by atoms with van der Waals surface area (Å²) in [6.07, 6.45) is 7.50. The van der Waals surface area contributed by atoms with Crippen molar-refractivity contribution in [1.29, 1.82) is 0 Å². The SMILES string of the molecule is NC1CCCc2cnc(C3CCCOC3)nc21. The predicted molar refractivity (Wildman–Crippen MR) is 64.7 cm³/mol. The Morgan fingerprint density at radius 1 is 1.29 bits per heavy atom. The van der Waals surface area contributed by atoms with Crippen LogP contribution >= 0.6 is 0 Å². The first-order valence-corrected chi connectivity index (χ1v) is 6.53. The van der Waals surface area contributed by atoms with E-state index in [1.807, 2.05) is 6.20 Å². The largest absolute Gasteiger partial charge is 0.381 e. The number of fused-ring (bicyclic) bond motifs is 1. The summed E-state index contributed by atoms with van der Waals surface area (Å²) in [4.78, 5) is 9.21. The number of hydrogen-bond donors (Lipinski definition) is 1. The molecule has 4 nitrogen and oxygen atoms in total. The summed E-state index contributed by atoms with van der Waals surface area (Å²) in [7, 11) is 0. The maximum Gasteiger partial charge on any atom is 0.134 e. The van der Waals surface area contributed by atoms with Crippen LogP contribution in [0.5, 0.6) is 0 Å². The van der Waals surface area contributed by atoms with E-state index < -0.39 is 0 Å². The van der Waals surface area contributed by atoms with Crippen molar-refractivity contribution in [3.05, 3.63) is 23.3 Å². The van der Waals surface area contributed by atoms with Crippen molar-refractivity contribution in [1.82, 2.24) is 9.97 Å². The Morgan fingerprint density at radius 2 is 2.24 bits per heavy atom. The summed E-state index contributed by atoms with van der Waals surface area (Å²) in [6, 6.07) is 0.102. The van der Waals surface area contributed by atoms with E-state index in [0.29, 0.717) is 5.92 Å². The Morgan fingerprint density at radius 3 is 3.06 bits per heavy atom. The molecule has 1 fully saturated rings. The van der Waals surface area contributed by atoms with Crippen LogP contribution in [0, 0.1) is 0 Å². The third-order valence-electron chi connectivity index (χ3n) is 3.75. The van der Waals surface area contributed by atoms with E-state index in [2.05, 4.69) is 4.98 Å². The van der Waals surface area contributed by atoms with Gasteiger partial charge in [0, 0.05) is 24.8 Å². The molecular formula is C13H19N3O. The maximum atomic E-state index is 6.12. The molecule has 2 aliphatic rings. The second-order valence-electron chi connectivity index (χ2n) is 5.05. The molecule has 1 aromatic rings. The molecule has 0 bridgehead atoms. The molecule has 1 aliphatic heterocycles. The lowest BCUT2D eigenvalue weighted by Gasteiger charge is -2.24. The number of rotatable bonds is 1. The second kappa shape index (κ2) is 4.70. The maximum absolute atomic E-state index is 6.12. The number of nitrogens with two attached hydrogens (primary N) is 1. The Hall–Kier alpha value is -1.00. The standard InChI is InChI=1S/C13H19N3O/c14-11-5-1-3-9-7-15-13(16-12(9)11)10-4-2-6-17-8-10/h7,10-11H,1-6,8,14H2. The fraction of sp³-hybridized carbons (Fsp3) is 0.692. The predicted octanol–water partition coefficient (Wildman–Crippen LogP) is 1.71. The molecule has 1 saturated heterocycles. The van der Waals surface area contributed by atoms with Crippen LogP contribution in [0.15, 0.2) is 6.20 Å². The summed E-state index contributed by atoms with van der Waals surface area (Å²) >= 11 is 0. The van der Waals surface area contributed by atoms with Gasteiger partial charge >= 0.3 is 0 Å². The van der Waals surface area contributed by atoms with Crippen LogP contribution < -0.4 is 5.73 Å². The minimum Gasteiger partial charge on any atom is -0.381 e. The normalized spacial score (nSPS) is 28.8. The van der Waals surface area contributed by atoms with Gasteiger partial charge in [-0.1, -0.05) is 0 Å². The van der Waals surface area contributed by atoms with Crippen LogP contribution in [0.1, 0.15) is 54.7 Å². The van der Waals surface area contributed by atoms with E-state index in [4.69, 9.17) is 15.5 Å².